The van der Waals surface area contributed by atoms with Crippen LogP contribution in [-0.2, 0) is 19.6 Å². The van der Waals surface area contributed by atoms with Gasteiger partial charge in [-0.1, -0.05) is 28.2 Å². The average molecular weight is 519 g/mol. The molecule has 8 nitrogen and oxygen atoms in total. The Morgan fingerprint density at radius 2 is 1.51 bits per heavy atom. The minimum atomic E-state index is 0. The zero-order valence-electron chi connectivity index (χ0n) is 21.2. The van der Waals surface area contributed by atoms with E-state index in [0.717, 1.165) is 52.1 Å². The highest BCUT2D eigenvalue weighted by Crippen LogP contribution is 2.15. The lowest BCUT2D eigenvalue weighted by Crippen LogP contribution is -2.42. The van der Waals surface area contributed by atoms with E-state index in [1.165, 1.54) is 56.2 Å². The number of halogens is 1. The molecular weight excluding hydrogens is 460 g/mol. The summed E-state index contributed by atoms with van der Waals surface area (Å²) < 4.78 is 7.73. The van der Waals surface area contributed by atoms with Crippen LogP contribution < -0.4 is 21.8 Å². The SMILES string of the molecule is C.C.CCCCn1cc[n+](CCCN)c1.C[N+]1(CCCN)CCCC1.Cl.NCCCn1ccnc1. The predicted octanol–water partition coefficient (Wildman–Crippen LogP) is 3.43. The van der Waals surface area contributed by atoms with Crippen molar-refractivity contribution in [1.82, 2.24) is 14.1 Å². The fraction of sp³-hybridized carbons (Fsp3) is 0.769. The molecule has 2 aromatic heterocycles. The van der Waals surface area contributed by atoms with Crippen molar-refractivity contribution in [3.8, 4) is 0 Å². The van der Waals surface area contributed by atoms with Gasteiger partial charge in [0.15, 0.2) is 0 Å². The summed E-state index contributed by atoms with van der Waals surface area (Å²) in [6.07, 6.45) is 20.5. The van der Waals surface area contributed by atoms with Crippen LogP contribution in [0, 0.1) is 0 Å². The van der Waals surface area contributed by atoms with Crippen molar-refractivity contribution in [2.75, 3.05) is 46.3 Å². The number of unbranched alkanes of at least 4 members (excludes halogenated alkanes) is 1. The Hall–Kier alpha value is -1.45. The summed E-state index contributed by atoms with van der Waals surface area (Å²) in [5.74, 6) is 0. The molecule has 9 heteroatoms. The smallest absolute Gasteiger partial charge is 0.243 e. The minimum absolute atomic E-state index is 0. The number of hydrogen-bond donors (Lipinski definition) is 3. The molecule has 0 atom stereocenters. The summed E-state index contributed by atoms with van der Waals surface area (Å²) in [7, 11) is 2.35. The number of rotatable bonds is 12. The van der Waals surface area contributed by atoms with E-state index in [4.69, 9.17) is 17.2 Å². The van der Waals surface area contributed by atoms with Gasteiger partial charge in [-0.2, -0.15) is 0 Å². The zero-order valence-corrected chi connectivity index (χ0v) is 22.0. The van der Waals surface area contributed by atoms with Gasteiger partial charge in [-0.3, -0.25) is 0 Å². The van der Waals surface area contributed by atoms with E-state index >= 15 is 0 Å². The fourth-order valence-electron chi connectivity index (χ4n) is 3.81. The highest BCUT2D eigenvalue weighted by Gasteiger charge is 2.25. The van der Waals surface area contributed by atoms with Gasteiger partial charge in [-0.05, 0) is 38.9 Å². The third-order valence-electron chi connectivity index (χ3n) is 5.86. The van der Waals surface area contributed by atoms with Crippen LogP contribution in [0.25, 0.3) is 0 Å². The van der Waals surface area contributed by atoms with Gasteiger partial charge in [0.2, 0.25) is 6.33 Å². The predicted molar refractivity (Wildman–Crippen MR) is 154 cm³/mol. The maximum absolute atomic E-state index is 5.46. The van der Waals surface area contributed by atoms with Crippen LogP contribution in [-0.4, -0.2) is 64.9 Å². The van der Waals surface area contributed by atoms with E-state index < -0.39 is 0 Å². The molecule has 1 aliphatic rings. The summed E-state index contributed by atoms with van der Waals surface area (Å²) >= 11 is 0. The maximum atomic E-state index is 5.46. The molecule has 0 saturated carbocycles. The zero-order chi connectivity index (χ0) is 23.5. The Kier molecular flexibility index (Phi) is 26.4. The van der Waals surface area contributed by atoms with E-state index in [0.29, 0.717) is 0 Å². The van der Waals surface area contributed by atoms with Crippen molar-refractivity contribution in [3.63, 3.8) is 0 Å². The molecule has 6 N–H and O–H groups in total. The average Bonchev–Trinajstić information content (AvgIpc) is 3.57. The number of hydrogen-bond acceptors (Lipinski definition) is 4. The Bertz CT molecular complexity index is 632. The normalized spacial score (nSPS) is 13.2. The summed E-state index contributed by atoms with van der Waals surface area (Å²) in [6.45, 7) is 11.8. The molecule has 0 aromatic carbocycles. The molecule has 0 unspecified atom stereocenters. The fourth-order valence-corrected chi connectivity index (χ4v) is 3.81. The molecule has 1 saturated heterocycles. The summed E-state index contributed by atoms with van der Waals surface area (Å²) in [4.78, 5) is 3.90. The molecule has 35 heavy (non-hydrogen) atoms. The molecule has 0 aliphatic carbocycles. The Labute approximate surface area is 222 Å². The first-order valence-corrected chi connectivity index (χ1v) is 12.5. The van der Waals surface area contributed by atoms with Crippen LogP contribution in [0.5, 0.6) is 0 Å². The Morgan fingerprint density at radius 1 is 0.886 bits per heavy atom. The van der Waals surface area contributed by atoms with Crippen LogP contribution in [0.4, 0.5) is 0 Å². The Balaban J connectivity index is -0.000000428. The van der Waals surface area contributed by atoms with Crippen molar-refractivity contribution in [1.29, 1.82) is 0 Å². The van der Waals surface area contributed by atoms with E-state index in [2.05, 4.69) is 46.8 Å². The van der Waals surface area contributed by atoms with Gasteiger partial charge < -0.3 is 26.3 Å². The van der Waals surface area contributed by atoms with Crippen LogP contribution >= 0.6 is 12.4 Å². The van der Waals surface area contributed by atoms with Gasteiger partial charge in [-0.15, -0.1) is 12.4 Å². The van der Waals surface area contributed by atoms with Crippen LogP contribution in [0.2, 0.25) is 0 Å². The van der Waals surface area contributed by atoms with E-state index in [1.807, 2.05) is 10.8 Å². The lowest BCUT2D eigenvalue weighted by molar-refractivity contribution is -0.897. The molecule has 0 amide bonds. The first kappa shape index (κ1) is 38.1. The van der Waals surface area contributed by atoms with Crippen molar-refractivity contribution >= 4 is 12.4 Å². The summed E-state index contributed by atoms with van der Waals surface area (Å²) in [5.41, 5.74) is 16.2. The third-order valence-corrected chi connectivity index (χ3v) is 5.86. The number of likely N-dealkylation sites (tertiary alicyclic amines) is 1. The van der Waals surface area contributed by atoms with Crippen molar-refractivity contribution in [2.24, 2.45) is 17.2 Å². The van der Waals surface area contributed by atoms with E-state index in [-0.39, 0.29) is 27.3 Å². The van der Waals surface area contributed by atoms with Crippen LogP contribution in [0.3, 0.4) is 0 Å². The minimum Gasteiger partial charge on any atom is -0.337 e. The number of imidazole rings is 2. The van der Waals surface area contributed by atoms with Crippen molar-refractivity contribution in [2.45, 2.75) is 86.4 Å². The molecule has 0 bridgehead atoms. The first-order chi connectivity index (χ1) is 15.6. The second-order valence-corrected chi connectivity index (χ2v) is 8.97. The molecule has 3 heterocycles. The highest BCUT2D eigenvalue weighted by atomic mass is 35.5. The van der Waals surface area contributed by atoms with Gasteiger partial charge in [0, 0.05) is 38.2 Å². The number of quaternary nitrogens is 1. The van der Waals surface area contributed by atoms with Gasteiger partial charge >= 0.3 is 0 Å². The number of nitrogens with zero attached hydrogens (tertiary/aromatic N) is 5. The van der Waals surface area contributed by atoms with E-state index in [9.17, 15) is 0 Å². The lowest BCUT2D eigenvalue weighted by atomic mass is 10.3. The van der Waals surface area contributed by atoms with Crippen molar-refractivity contribution < 1.29 is 9.05 Å². The molecular formula is C26H59ClN8+2. The number of aromatic nitrogens is 4. The molecule has 3 rings (SSSR count). The van der Waals surface area contributed by atoms with Gasteiger partial charge in [-0.25, -0.2) is 14.1 Å². The highest BCUT2D eigenvalue weighted by molar-refractivity contribution is 5.85. The lowest BCUT2D eigenvalue weighted by Gasteiger charge is -2.28. The molecule has 2 aromatic rings. The molecule has 0 spiro atoms. The first-order valence-electron chi connectivity index (χ1n) is 12.5. The van der Waals surface area contributed by atoms with Crippen LogP contribution in [0.15, 0.2) is 37.4 Å². The molecule has 1 aliphatic heterocycles. The maximum Gasteiger partial charge on any atom is 0.243 e. The number of aryl methyl sites for hydroxylation is 3. The van der Waals surface area contributed by atoms with Crippen molar-refractivity contribution in [3.05, 3.63) is 37.4 Å². The second-order valence-electron chi connectivity index (χ2n) is 8.97. The van der Waals surface area contributed by atoms with Gasteiger partial charge in [0.1, 0.15) is 12.4 Å². The largest absolute Gasteiger partial charge is 0.337 e. The topological polar surface area (TPSA) is 105 Å². The second kappa shape index (κ2) is 24.3. The summed E-state index contributed by atoms with van der Waals surface area (Å²) in [5, 5.41) is 0. The molecule has 1 fully saturated rings. The van der Waals surface area contributed by atoms with Crippen LogP contribution in [0.1, 0.15) is 66.7 Å². The number of nitrogens with two attached hydrogens (primary N) is 3. The molecule has 0 radical (unpaired) electrons. The standard InChI is InChI=1S/C10H20N3.C8H19N2.C6H11N3.2CH4.ClH/c1-2-3-6-12-8-9-13(10-12)7-4-5-11;1-10(8-4-5-9)6-2-3-7-10;7-2-1-4-9-5-3-8-6-9;;;/h8-10H,2-7,11H2,1H3;2-9H2,1H3;3,5-6H,1-2,4,7H2;2*1H4;1H/q2*+1;;;;. The Morgan fingerprint density at radius 3 is 2.06 bits per heavy atom. The molecule has 208 valence electrons. The quantitative estimate of drug-likeness (QED) is 0.295. The third kappa shape index (κ3) is 18.5. The van der Waals surface area contributed by atoms with E-state index in [1.54, 1.807) is 12.5 Å². The van der Waals surface area contributed by atoms with Gasteiger partial charge in [0.05, 0.1) is 46.1 Å². The van der Waals surface area contributed by atoms with Gasteiger partial charge in [0.25, 0.3) is 0 Å². The summed E-state index contributed by atoms with van der Waals surface area (Å²) in [6, 6.07) is 0. The monoisotopic (exact) mass is 518 g/mol.